The molecule has 0 spiro atoms. The van der Waals surface area contributed by atoms with Crippen LogP contribution in [0.1, 0.15) is 5.56 Å². The van der Waals surface area contributed by atoms with Crippen molar-refractivity contribution < 1.29 is 4.21 Å². The zero-order valence-electron chi connectivity index (χ0n) is 8.01. The molecule has 1 aromatic carbocycles. The van der Waals surface area contributed by atoms with Gasteiger partial charge in [-0.05, 0) is 11.6 Å². The van der Waals surface area contributed by atoms with E-state index in [1.807, 2.05) is 18.2 Å². The quantitative estimate of drug-likeness (QED) is 0.767. The summed E-state index contributed by atoms with van der Waals surface area (Å²) in [7, 11) is -1.16. The molecule has 0 amide bonds. The van der Waals surface area contributed by atoms with Crippen molar-refractivity contribution in [2.24, 2.45) is 0 Å². The highest BCUT2D eigenvalue weighted by atomic mass is 32.2. The van der Waals surface area contributed by atoms with Gasteiger partial charge in [0.1, 0.15) is 0 Å². The number of anilines is 1. The SMILES string of the molecule is Nc1ccccc1CS(=O)c1ncc[nH]1. The lowest BCUT2D eigenvalue weighted by Crippen LogP contribution is -2.01. The summed E-state index contributed by atoms with van der Waals surface area (Å²) in [6, 6.07) is 7.41. The van der Waals surface area contributed by atoms with E-state index in [-0.39, 0.29) is 0 Å². The Morgan fingerprint density at radius 2 is 2.20 bits per heavy atom. The number of hydrogen-bond donors (Lipinski definition) is 2. The molecular formula is C10H11N3OS. The van der Waals surface area contributed by atoms with Gasteiger partial charge in [-0.2, -0.15) is 0 Å². The van der Waals surface area contributed by atoms with Crippen LogP contribution in [0.4, 0.5) is 5.69 Å². The summed E-state index contributed by atoms with van der Waals surface area (Å²) in [5.41, 5.74) is 7.30. The Labute approximate surface area is 90.0 Å². The minimum atomic E-state index is -1.16. The van der Waals surface area contributed by atoms with E-state index in [4.69, 9.17) is 5.73 Å². The molecule has 78 valence electrons. The van der Waals surface area contributed by atoms with Crippen molar-refractivity contribution in [3.63, 3.8) is 0 Å². The maximum Gasteiger partial charge on any atom is 0.196 e. The summed E-state index contributed by atoms with van der Waals surface area (Å²) >= 11 is 0. The second-order valence-electron chi connectivity index (χ2n) is 3.08. The van der Waals surface area contributed by atoms with Crippen LogP contribution < -0.4 is 5.73 Å². The second kappa shape index (κ2) is 4.27. The van der Waals surface area contributed by atoms with Gasteiger partial charge in [0, 0.05) is 18.1 Å². The van der Waals surface area contributed by atoms with Crippen molar-refractivity contribution in [3.8, 4) is 0 Å². The number of imidazole rings is 1. The first-order valence-corrected chi connectivity index (χ1v) is 5.80. The van der Waals surface area contributed by atoms with E-state index in [0.29, 0.717) is 16.6 Å². The van der Waals surface area contributed by atoms with Crippen LogP contribution in [-0.2, 0) is 16.6 Å². The van der Waals surface area contributed by atoms with Crippen LogP contribution in [0.3, 0.4) is 0 Å². The number of benzene rings is 1. The number of H-pyrrole nitrogens is 1. The minimum absolute atomic E-state index is 0.389. The van der Waals surface area contributed by atoms with Gasteiger partial charge in [0.25, 0.3) is 0 Å². The number of nitrogens with one attached hydrogen (secondary N) is 1. The van der Waals surface area contributed by atoms with E-state index in [2.05, 4.69) is 9.97 Å². The van der Waals surface area contributed by atoms with Crippen LogP contribution in [0.2, 0.25) is 0 Å². The largest absolute Gasteiger partial charge is 0.398 e. The molecule has 0 radical (unpaired) electrons. The average molecular weight is 221 g/mol. The van der Waals surface area contributed by atoms with Gasteiger partial charge in [-0.3, -0.25) is 4.21 Å². The Hall–Kier alpha value is -1.62. The van der Waals surface area contributed by atoms with Gasteiger partial charge in [0.05, 0.1) is 16.6 Å². The zero-order valence-corrected chi connectivity index (χ0v) is 8.83. The number of hydrogen-bond acceptors (Lipinski definition) is 3. The Kier molecular flexibility index (Phi) is 2.82. The molecule has 2 rings (SSSR count). The molecule has 15 heavy (non-hydrogen) atoms. The van der Waals surface area contributed by atoms with Gasteiger partial charge in [-0.25, -0.2) is 4.98 Å². The number of nitrogens with zero attached hydrogens (tertiary/aromatic N) is 1. The smallest absolute Gasteiger partial charge is 0.196 e. The first-order valence-electron chi connectivity index (χ1n) is 4.48. The maximum absolute atomic E-state index is 11.8. The third-order valence-corrected chi connectivity index (χ3v) is 3.26. The van der Waals surface area contributed by atoms with Gasteiger partial charge < -0.3 is 10.7 Å². The summed E-state index contributed by atoms with van der Waals surface area (Å²) < 4.78 is 11.8. The molecule has 0 saturated heterocycles. The number of para-hydroxylation sites is 1. The van der Waals surface area contributed by atoms with E-state index >= 15 is 0 Å². The highest BCUT2D eigenvalue weighted by Crippen LogP contribution is 2.14. The predicted octanol–water partition coefficient (Wildman–Crippen LogP) is 1.30. The molecule has 1 aromatic heterocycles. The number of aromatic nitrogens is 2. The van der Waals surface area contributed by atoms with Gasteiger partial charge in [-0.1, -0.05) is 18.2 Å². The molecule has 1 atom stereocenters. The van der Waals surface area contributed by atoms with Gasteiger partial charge in [0.2, 0.25) is 0 Å². The number of aromatic amines is 1. The Balaban J connectivity index is 2.17. The molecule has 0 aliphatic heterocycles. The standard InChI is InChI=1S/C10H11N3OS/c11-9-4-2-1-3-8(9)7-15(14)10-12-5-6-13-10/h1-6H,7,11H2,(H,12,13). The Bertz CT molecular complexity index is 467. The van der Waals surface area contributed by atoms with Crippen molar-refractivity contribution in [3.05, 3.63) is 42.2 Å². The second-order valence-corrected chi connectivity index (χ2v) is 4.45. The number of nitrogen functional groups attached to an aromatic ring is 1. The van der Waals surface area contributed by atoms with E-state index in [1.54, 1.807) is 18.5 Å². The van der Waals surface area contributed by atoms with Crippen molar-refractivity contribution in [1.82, 2.24) is 9.97 Å². The van der Waals surface area contributed by atoms with Crippen molar-refractivity contribution in [2.75, 3.05) is 5.73 Å². The summed E-state index contributed by atoms with van der Waals surface area (Å²) in [5.74, 6) is 0.389. The molecule has 1 unspecified atom stereocenters. The lowest BCUT2D eigenvalue weighted by Gasteiger charge is -2.03. The number of rotatable bonds is 3. The Morgan fingerprint density at radius 3 is 2.87 bits per heavy atom. The third-order valence-electron chi connectivity index (χ3n) is 2.03. The summed E-state index contributed by atoms with van der Waals surface area (Å²) in [5, 5.41) is 0.484. The lowest BCUT2D eigenvalue weighted by molar-refractivity contribution is 0.677. The molecule has 0 bridgehead atoms. The third kappa shape index (κ3) is 2.24. The van der Waals surface area contributed by atoms with Crippen LogP contribution in [0, 0.1) is 0 Å². The van der Waals surface area contributed by atoms with Crippen molar-refractivity contribution >= 4 is 16.5 Å². The van der Waals surface area contributed by atoms with Gasteiger partial charge >= 0.3 is 0 Å². The molecule has 4 nitrogen and oxygen atoms in total. The maximum atomic E-state index is 11.8. The molecule has 0 fully saturated rings. The fourth-order valence-corrected chi connectivity index (χ4v) is 2.31. The van der Waals surface area contributed by atoms with Crippen LogP contribution in [0.15, 0.2) is 41.8 Å². The molecule has 2 aromatic rings. The Morgan fingerprint density at radius 1 is 1.40 bits per heavy atom. The van der Waals surface area contributed by atoms with E-state index in [9.17, 15) is 4.21 Å². The average Bonchev–Trinajstić information content (AvgIpc) is 2.74. The molecule has 0 aliphatic carbocycles. The molecule has 0 saturated carbocycles. The first-order chi connectivity index (χ1) is 7.27. The van der Waals surface area contributed by atoms with Gasteiger partial charge in [0.15, 0.2) is 5.16 Å². The van der Waals surface area contributed by atoms with E-state index in [0.717, 1.165) is 5.56 Å². The normalized spacial score (nSPS) is 12.5. The van der Waals surface area contributed by atoms with Crippen molar-refractivity contribution in [2.45, 2.75) is 10.9 Å². The van der Waals surface area contributed by atoms with Crippen LogP contribution in [0.5, 0.6) is 0 Å². The van der Waals surface area contributed by atoms with Crippen LogP contribution >= 0.6 is 0 Å². The fourth-order valence-electron chi connectivity index (χ4n) is 1.25. The molecule has 0 aliphatic rings. The first kappa shape index (κ1) is 9.92. The zero-order chi connectivity index (χ0) is 10.7. The predicted molar refractivity (Wildman–Crippen MR) is 59.6 cm³/mol. The van der Waals surface area contributed by atoms with Crippen molar-refractivity contribution in [1.29, 1.82) is 0 Å². The van der Waals surface area contributed by atoms with E-state index in [1.165, 1.54) is 0 Å². The van der Waals surface area contributed by atoms with Gasteiger partial charge in [-0.15, -0.1) is 0 Å². The molecule has 1 heterocycles. The topological polar surface area (TPSA) is 71.8 Å². The van der Waals surface area contributed by atoms with Crippen LogP contribution in [0.25, 0.3) is 0 Å². The lowest BCUT2D eigenvalue weighted by atomic mass is 10.2. The summed E-state index contributed by atoms with van der Waals surface area (Å²) in [6.45, 7) is 0. The molecule has 3 N–H and O–H groups in total. The minimum Gasteiger partial charge on any atom is -0.398 e. The highest BCUT2D eigenvalue weighted by molar-refractivity contribution is 7.84. The monoisotopic (exact) mass is 221 g/mol. The summed E-state index contributed by atoms with van der Waals surface area (Å²) in [6.07, 6.45) is 3.24. The highest BCUT2D eigenvalue weighted by Gasteiger charge is 2.08. The fraction of sp³-hybridized carbons (Fsp3) is 0.100. The molecular weight excluding hydrogens is 210 g/mol. The number of nitrogens with two attached hydrogens (primary N) is 1. The molecule has 5 heteroatoms. The summed E-state index contributed by atoms with van der Waals surface area (Å²) in [4.78, 5) is 6.77. The van der Waals surface area contributed by atoms with Crippen LogP contribution in [-0.4, -0.2) is 14.2 Å². The van der Waals surface area contributed by atoms with E-state index < -0.39 is 10.8 Å².